The molecule has 0 saturated heterocycles. The molecule has 0 radical (unpaired) electrons. The minimum absolute atomic E-state index is 0.0207. The monoisotopic (exact) mass is 228 g/mol. The molecule has 1 amide bonds. The van der Waals surface area contributed by atoms with Gasteiger partial charge >= 0.3 is 0 Å². The zero-order valence-electron chi connectivity index (χ0n) is 10.3. The molecular formula is C12H24N2O2. The molecule has 1 aliphatic rings. The van der Waals surface area contributed by atoms with Gasteiger partial charge in [0.05, 0.1) is 0 Å². The summed E-state index contributed by atoms with van der Waals surface area (Å²) in [6.45, 7) is 4.55. The molecule has 2 atom stereocenters. The average Bonchev–Trinajstić information content (AvgIpc) is 2.22. The van der Waals surface area contributed by atoms with Crippen LogP contribution in [0.4, 0.5) is 0 Å². The molecule has 4 heteroatoms. The second-order valence-corrected chi connectivity index (χ2v) is 5.25. The molecule has 94 valence electrons. The lowest BCUT2D eigenvalue weighted by atomic mass is 9.66. The van der Waals surface area contributed by atoms with Gasteiger partial charge in [0.2, 0.25) is 5.91 Å². The van der Waals surface area contributed by atoms with Crippen molar-refractivity contribution in [2.24, 2.45) is 17.1 Å². The van der Waals surface area contributed by atoms with E-state index in [1.165, 1.54) is 6.42 Å². The van der Waals surface area contributed by atoms with Crippen LogP contribution >= 0.6 is 0 Å². The van der Waals surface area contributed by atoms with Crippen molar-refractivity contribution in [3.63, 3.8) is 0 Å². The topological polar surface area (TPSA) is 75.3 Å². The van der Waals surface area contributed by atoms with Crippen molar-refractivity contribution in [3.05, 3.63) is 0 Å². The maximum Gasteiger partial charge on any atom is 0.220 e. The number of hydrogen-bond acceptors (Lipinski definition) is 3. The highest BCUT2D eigenvalue weighted by atomic mass is 16.3. The minimum atomic E-state index is 0.0207. The van der Waals surface area contributed by atoms with Crippen LogP contribution < -0.4 is 11.1 Å². The lowest BCUT2D eigenvalue weighted by Crippen LogP contribution is -2.45. The molecule has 4 N–H and O–H groups in total. The smallest absolute Gasteiger partial charge is 0.220 e. The summed E-state index contributed by atoms with van der Waals surface area (Å²) in [5, 5.41) is 11.9. The summed E-state index contributed by atoms with van der Waals surface area (Å²) < 4.78 is 0. The fourth-order valence-electron chi connectivity index (χ4n) is 2.08. The Labute approximate surface area is 97.6 Å². The number of aliphatic hydroxyl groups is 1. The molecule has 16 heavy (non-hydrogen) atoms. The Kier molecular flexibility index (Phi) is 4.74. The van der Waals surface area contributed by atoms with Crippen LogP contribution in [0.15, 0.2) is 0 Å². The third-order valence-electron chi connectivity index (χ3n) is 3.91. The van der Waals surface area contributed by atoms with Crippen LogP contribution in [0.5, 0.6) is 0 Å². The van der Waals surface area contributed by atoms with Crippen molar-refractivity contribution in [1.29, 1.82) is 0 Å². The Morgan fingerprint density at radius 3 is 2.50 bits per heavy atom. The summed E-state index contributed by atoms with van der Waals surface area (Å²) in [6, 6.07) is 0.0207. The quantitative estimate of drug-likeness (QED) is 0.624. The van der Waals surface area contributed by atoms with Crippen LogP contribution in [0, 0.1) is 11.3 Å². The van der Waals surface area contributed by atoms with E-state index in [0.717, 1.165) is 12.8 Å². The Balaban J connectivity index is 2.35. The van der Waals surface area contributed by atoms with E-state index in [1.807, 2.05) is 13.8 Å². The van der Waals surface area contributed by atoms with Crippen LogP contribution in [0.3, 0.4) is 0 Å². The lowest BCUT2D eigenvalue weighted by molar-refractivity contribution is -0.125. The molecule has 0 spiro atoms. The summed E-state index contributed by atoms with van der Waals surface area (Å²) >= 11 is 0. The molecule has 0 aromatic carbocycles. The summed E-state index contributed by atoms with van der Waals surface area (Å²) in [7, 11) is 0. The number of rotatable bonds is 6. The number of amides is 1. The molecule has 1 rings (SSSR count). The van der Waals surface area contributed by atoms with Gasteiger partial charge in [0.25, 0.3) is 0 Å². The lowest BCUT2D eigenvalue weighted by Gasteiger charge is -2.40. The molecule has 1 fully saturated rings. The summed E-state index contributed by atoms with van der Waals surface area (Å²) in [5.74, 6) is 0.164. The first-order valence-electron chi connectivity index (χ1n) is 6.13. The Hall–Kier alpha value is -0.610. The molecule has 4 nitrogen and oxygen atoms in total. The molecule has 0 aromatic heterocycles. The number of aliphatic hydroxyl groups excluding tert-OH is 1. The first-order chi connectivity index (χ1) is 7.53. The van der Waals surface area contributed by atoms with Gasteiger partial charge in [-0.3, -0.25) is 4.79 Å². The van der Waals surface area contributed by atoms with Gasteiger partial charge in [-0.05, 0) is 37.6 Å². The minimum Gasteiger partial charge on any atom is -0.396 e. The first-order valence-corrected chi connectivity index (χ1v) is 6.13. The summed E-state index contributed by atoms with van der Waals surface area (Å²) in [6.07, 6.45) is 3.86. The predicted molar refractivity (Wildman–Crippen MR) is 63.8 cm³/mol. The van der Waals surface area contributed by atoms with Crippen molar-refractivity contribution >= 4 is 5.91 Å². The molecule has 1 saturated carbocycles. The van der Waals surface area contributed by atoms with Gasteiger partial charge in [0.15, 0.2) is 0 Å². The Morgan fingerprint density at radius 1 is 1.50 bits per heavy atom. The van der Waals surface area contributed by atoms with E-state index in [1.54, 1.807) is 0 Å². The van der Waals surface area contributed by atoms with Crippen molar-refractivity contribution in [3.8, 4) is 0 Å². The van der Waals surface area contributed by atoms with Crippen molar-refractivity contribution in [2.45, 2.75) is 45.6 Å². The van der Waals surface area contributed by atoms with Crippen molar-refractivity contribution < 1.29 is 9.90 Å². The zero-order chi connectivity index (χ0) is 12.2. The molecule has 0 aliphatic heterocycles. The van der Waals surface area contributed by atoms with Crippen LogP contribution in [0.2, 0.25) is 0 Å². The fourth-order valence-corrected chi connectivity index (χ4v) is 2.08. The zero-order valence-corrected chi connectivity index (χ0v) is 10.3. The molecule has 0 bridgehead atoms. The number of nitrogens with one attached hydrogen (secondary N) is 1. The van der Waals surface area contributed by atoms with E-state index >= 15 is 0 Å². The number of carbonyl (C=O) groups excluding carboxylic acids is 1. The summed E-state index contributed by atoms with van der Waals surface area (Å²) in [5.41, 5.74) is 5.78. The highest BCUT2D eigenvalue weighted by Gasteiger charge is 2.37. The maximum atomic E-state index is 11.8. The number of carbonyl (C=O) groups is 1. The van der Waals surface area contributed by atoms with Crippen molar-refractivity contribution in [2.75, 3.05) is 13.2 Å². The number of nitrogens with two attached hydrogens (primary N) is 1. The Bertz CT molecular complexity index is 234. The Morgan fingerprint density at radius 2 is 2.12 bits per heavy atom. The van der Waals surface area contributed by atoms with Gasteiger partial charge < -0.3 is 16.2 Å². The van der Waals surface area contributed by atoms with E-state index < -0.39 is 0 Å². The maximum absolute atomic E-state index is 11.8. The van der Waals surface area contributed by atoms with E-state index in [0.29, 0.717) is 13.0 Å². The first kappa shape index (κ1) is 13.5. The van der Waals surface area contributed by atoms with Crippen LogP contribution in [0.1, 0.15) is 39.5 Å². The standard InChI is InChI=1S/C12H24N2O2/c1-9(7-15)10(2)14-11(16)6-12(8-13)4-3-5-12/h9-10,15H,3-8,13H2,1-2H3,(H,14,16). The van der Waals surface area contributed by atoms with E-state index in [4.69, 9.17) is 10.8 Å². The van der Waals surface area contributed by atoms with E-state index in [9.17, 15) is 4.79 Å². The largest absolute Gasteiger partial charge is 0.396 e. The van der Waals surface area contributed by atoms with Gasteiger partial charge in [-0.2, -0.15) is 0 Å². The van der Waals surface area contributed by atoms with Gasteiger partial charge in [0, 0.05) is 19.1 Å². The van der Waals surface area contributed by atoms with Crippen LogP contribution in [-0.2, 0) is 4.79 Å². The third-order valence-corrected chi connectivity index (χ3v) is 3.91. The normalized spacial score (nSPS) is 22.0. The highest BCUT2D eigenvalue weighted by molar-refractivity contribution is 5.77. The summed E-state index contributed by atoms with van der Waals surface area (Å²) in [4.78, 5) is 11.8. The van der Waals surface area contributed by atoms with E-state index in [2.05, 4.69) is 5.32 Å². The highest BCUT2D eigenvalue weighted by Crippen LogP contribution is 2.42. The third kappa shape index (κ3) is 3.19. The van der Waals surface area contributed by atoms with Gasteiger partial charge in [0.1, 0.15) is 0 Å². The second kappa shape index (κ2) is 5.64. The van der Waals surface area contributed by atoms with Crippen LogP contribution in [0.25, 0.3) is 0 Å². The predicted octanol–water partition coefficient (Wildman–Crippen LogP) is 0.639. The van der Waals surface area contributed by atoms with Gasteiger partial charge in [-0.15, -0.1) is 0 Å². The second-order valence-electron chi connectivity index (χ2n) is 5.25. The molecule has 0 heterocycles. The number of hydrogen-bond donors (Lipinski definition) is 3. The SMILES string of the molecule is CC(CO)C(C)NC(=O)CC1(CN)CCC1. The van der Waals surface area contributed by atoms with Gasteiger partial charge in [-0.1, -0.05) is 13.3 Å². The van der Waals surface area contributed by atoms with Crippen molar-refractivity contribution in [1.82, 2.24) is 5.32 Å². The molecule has 1 aliphatic carbocycles. The molecule has 0 aromatic rings. The van der Waals surface area contributed by atoms with E-state index in [-0.39, 0.29) is 29.9 Å². The molecular weight excluding hydrogens is 204 g/mol. The molecule has 2 unspecified atom stereocenters. The fraction of sp³-hybridized carbons (Fsp3) is 0.917. The average molecular weight is 228 g/mol. The van der Waals surface area contributed by atoms with Gasteiger partial charge in [-0.25, -0.2) is 0 Å². The van der Waals surface area contributed by atoms with Crippen LogP contribution in [-0.4, -0.2) is 30.2 Å².